The Bertz CT molecular complexity index is 1000. The van der Waals surface area contributed by atoms with Gasteiger partial charge in [-0.15, -0.1) is 0 Å². The topological polar surface area (TPSA) is 98.8 Å². The molecule has 9 heteroatoms. The number of H-pyrrole nitrogens is 1. The van der Waals surface area contributed by atoms with E-state index in [1.807, 2.05) is 54.8 Å². The molecular formula is C25H35N5O4. The lowest BCUT2D eigenvalue weighted by molar-refractivity contribution is -0.142. The van der Waals surface area contributed by atoms with Crippen LogP contribution in [0.15, 0.2) is 24.3 Å². The number of rotatable bonds is 4. The van der Waals surface area contributed by atoms with Gasteiger partial charge in [-0.3, -0.25) is 9.59 Å². The van der Waals surface area contributed by atoms with Crippen molar-refractivity contribution >= 4 is 28.9 Å². The number of nitrogens with zero attached hydrogens (tertiary/aromatic N) is 4. The number of imidazole rings is 1. The van der Waals surface area contributed by atoms with Crippen LogP contribution in [0, 0.1) is 5.92 Å². The van der Waals surface area contributed by atoms with Gasteiger partial charge >= 0.3 is 6.09 Å². The fraction of sp³-hybridized carbons (Fsp3) is 0.600. The summed E-state index contributed by atoms with van der Waals surface area (Å²) in [4.78, 5) is 51.4. The van der Waals surface area contributed by atoms with Gasteiger partial charge in [-0.2, -0.15) is 0 Å². The first-order chi connectivity index (χ1) is 16.2. The summed E-state index contributed by atoms with van der Waals surface area (Å²) in [5.74, 6) is 0.769. The average molecular weight is 470 g/mol. The predicted octanol–water partition coefficient (Wildman–Crippen LogP) is 2.81. The van der Waals surface area contributed by atoms with Gasteiger partial charge in [-0.05, 0) is 45.7 Å². The second-order valence-corrected chi connectivity index (χ2v) is 10.2. The normalized spacial score (nSPS) is 19.4. The third kappa shape index (κ3) is 5.87. The van der Waals surface area contributed by atoms with Gasteiger partial charge < -0.3 is 24.4 Å². The van der Waals surface area contributed by atoms with E-state index in [9.17, 15) is 14.4 Å². The molecule has 1 atom stereocenters. The minimum atomic E-state index is -0.535. The quantitative estimate of drug-likeness (QED) is 0.742. The van der Waals surface area contributed by atoms with E-state index < -0.39 is 5.60 Å². The van der Waals surface area contributed by atoms with Crippen molar-refractivity contribution < 1.29 is 19.1 Å². The zero-order valence-electron chi connectivity index (χ0n) is 20.4. The van der Waals surface area contributed by atoms with E-state index in [2.05, 4.69) is 9.97 Å². The first kappa shape index (κ1) is 24.0. The lowest BCUT2D eigenvalue weighted by Crippen LogP contribution is -2.54. The molecule has 1 N–H and O–H groups in total. The van der Waals surface area contributed by atoms with Crippen molar-refractivity contribution in [2.24, 2.45) is 5.92 Å². The Kier molecular flexibility index (Phi) is 7.09. The third-order valence-electron chi connectivity index (χ3n) is 6.38. The fourth-order valence-electron chi connectivity index (χ4n) is 4.61. The van der Waals surface area contributed by atoms with E-state index in [-0.39, 0.29) is 23.8 Å². The highest BCUT2D eigenvalue weighted by atomic mass is 16.6. The summed E-state index contributed by atoms with van der Waals surface area (Å²) in [5, 5.41) is 0. The molecule has 2 aliphatic heterocycles. The van der Waals surface area contributed by atoms with E-state index in [1.165, 1.54) is 0 Å². The molecule has 1 aromatic heterocycles. The Morgan fingerprint density at radius 3 is 2.44 bits per heavy atom. The Balaban J connectivity index is 1.25. The second kappa shape index (κ2) is 10.0. The molecule has 2 saturated heterocycles. The van der Waals surface area contributed by atoms with Crippen LogP contribution < -0.4 is 0 Å². The number of carbonyl (C=O) groups is 3. The Hall–Kier alpha value is -3.10. The average Bonchev–Trinajstić information content (AvgIpc) is 3.24. The number of amides is 3. The van der Waals surface area contributed by atoms with Gasteiger partial charge in [0.1, 0.15) is 11.4 Å². The number of ether oxygens (including phenoxy) is 1. The summed E-state index contributed by atoms with van der Waals surface area (Å²) in [6.07, 6.45) is 2.20. The van der Waals surface area contributed by atoms with E-state index in [4.69, 9.17) is 4.74 Å². The summed E-state index contributed by atoms with van der Waals surface area (Å²) >= 11 is 0. The number of hydrogen-bond acceptors (Lipinski definition) is 5. The second-order valence-electron chi connectivity index (χ2n) is 10.2. The van der Waals surface area contributed by atoms with Gasteiger partial charge in [0, 0.05) is 52.1 Å². The maximum Gasteiger partial charge on any atom is 0.410 e. The van der Waals surface area contributed by atoms with Crippen LogP contribution in [0.5, 0.6) is 0 Å². The summed E-state index contributed by atoms with van der Waals surface area (Å²) in [6.45, 7) is 8.61. The maximum atomic E-state index is 13.1. The molecule has 2 fully saturated rings. The van der Waals surface area contributed by atoms with Gasteiger partial charge in [0.25, 0.3) is 0 Å². The molecule has 0 unspecified atom stereocenters. The van der Waals surface area contributed by atoms with Crippen molar-refractivity contribution in [3.05, 3.63) is 30.1 Å². The largest absolute Gasteiger partial charge is 0.444 e. The summed E-state index contributed by atoms with van der Waals surface area (Å²) in [7, 11) is 0. The molecule has 3 amide bonds. The minimum absolute atomic E-state index is 0.0627. The number of aryl methyl sites for hydroxylation is 1. The number of piperazine rings is 1. The highest BCUT2D eigenvalue weighted by Gasteiger charge is 2.34. The molecule has 9 nitrogen and oxygen atoms in total. The number of carbonyl (C=O) groups excluding carboxylic acids is 3. The summed E-state index contributed by atoms with van der Waals surface area (Å²) < 4.78 is 5.43. The molecule has 2 aliphatic rings. The van der Waals surface area contributed by atoms with Crippen LogP contribution in [-0.4, -0.2) is 87.4 Å². The molecule has 0 aliphatic carbocycles. The van der Waals surface area contributed by atoms with E-state index >= 15 is 0 Å². The Morgan fingerprint density at radius 1 is 1.03 bits per heavy atom. The van der Waals surface area contributed by atoms with Crippen LogP contribution in [0.4, 0.5) is 4.79 Å². The lowest BCUT2D eigenvalue weighted by Gasteiger charge is -2.39. The van der Waals surface area contributed by atoms with E-state index in [1.54, 1.807) is 4.90 Å². The molecule has 0 spiro atoms. The first-order valence-corrected chi connectivity index (χ1v) is 12.2. The van der Waals surface area contributed by atoms with Crippen LogP contribution in [0.2, 0.25) is 0 Å². The number of piperidine rings is 1. The van der Waals surface area contributed by atoms with Gasteiger partial charge in [-0.25, -0.2) is 9.78 Å². The van der Waals surface area contributed by atoms with Crippen LogP contribution in [0.25, 0.3) is 11.0 Å². The third-order valence-corrected chi connectivity index (χ3v) is 6.38. The maximum absolute atomic E-state index is 13.1. The standard InChI is InChI=1S/C25H35N5O4/c1-25(2,3)34-24(33)29-15-13-28(14-16-29)23(32)18-7-6-12-30(17-18)22(31)11-10-21-26-19-8-4-5-9-20(19)27-21/h4-5,8-9,18H,6-7,10-17H2,1-3H3,(H,26,27)/t18-/m0/s1. The smallest absolute Gasteiger partial charge is 0.410 e. The molecular weight excluding hydrogens is 434 g/mol. The van der Waals surface area contributed by atoms with Crippen molar-refractivity contribution in [2.75, 3.05) is 39.3 Å². The number of benzene rings is 1. The van der Waals surface area contributed by atoms with Gasteiger partial charge in [-0.1, -0.05) is 12.1 Å². The van der Waals surface area contributed by atoms with Crippen molar-refractivity contribution in [3.63, 3.8) is 0 Å². The van der Waals surface area contributed by atoms with Gasteiger partial charge in [0.15, 0.2) is 0 Å². The van der Waals surface area contributed by atoms with E-state index in [0.29, 0.717) is 52.1 Å². The van der Waals surface area contributed by atoms with Crippen molar-refractivity contribution in [1.29, 1.82) is 0 Å². The molecule has 4 rings (SSSR count). The SMILES string of the molecule is CC(C)(C)OC(=O)N1CCN(C(=O)[C@H]2CCCN(C(=O)CCc3nc4ccccc4[nH]3)C2)CC1. The molecule has 0 radical (unpaired) electrons. The molecule has 2 aromatic rings. The predicted molar refractivity (Wildman–Crippen MR) is 128 cm³/mol. The van der Waals surface area contributed by atoms with Crippen LogP contribution >= 0.6 is 0 Å². The van der Waals surface area contributed by atoms with E-state index in [0.717, 1.165) is 29.7 Å². The Morgan fingerprint density at radius 2 is 1.74 bits per heavy atom. The molecule has 1 aromatic carbocycles. The zero-order chi connectivity index (χ0) is 24.3. The molecule has 3 heterocycles. The summed E-state index contributed by atoms with van der Waals surface area (Å²) in [5.41, 5.74) is 1.34. The highest BCUT2D eigenvalue weighted by Crippen LogP contribution is 2.21. The molecule has 0 saturated carbocycles. The number of para-hydroxylation sites is 2. The number of fused-ring (bicyclic) bond motifs is 1. The number of aromatic amines is 1. The number of hydrogen-bond donors (Lipinski definition) is 1. The van der Waals surface area contributed by atoms with Crippen molar-refractivity contribution in [1.82, 2.24) is 24.7 Å². The number of likely N-dealkylation sites (tertiary alicyclic amines) is 1. The zero-order valence-corrected chi connectivity index (χ0v) is 20.4. The monoisotopic (exact) mass is 469 g/mol. The molecule has 0 bridgehead atoms. The fourth-order valence-corrected chi connectivity index (χ4v) is 4.61. The van der Waals surface area contributed by atoms with Crippen molar-refractivity contribution in [3.8, 4) is 0 Å². The Labute approximate surface area is 200 Å². The number of aromatic nitrogens is 2. The minimum Gasteiger partial charge on any atom is -0.444 e. The van der Waals surface area contributed by atoms with Crippen LogP contribution in [-0.2, 0) is 20.7 Å². The number of nitrogens with one attached hydrogen (secondary N) is 1. The van der Waals surface area contributed by atoms with Gasteiger partial charge in [0.05, 0.1) is 17.0 Å². The highest BCUT2D eigenvalue weighted by molar-refractivity contribution is 5.82. The molecule has 184 valence electrons. The van der Waals surface area contributed by atoms with Crippen LogP contribution in [0.3, 0.4) is 0 Å². The van der Waals surface area contributed by atoms with Crippen molar-refractivity contribution in [2.45, 2.75) is 52.1 Å². The summed E-state index contributed by atoms with van der Waals surface area (Å²) in [6, 6.07) is 7.82. The lowest BCUT2D eigenvalue weighted by atomic mass is 9.95. The van der Waals surface area contributed by atoms with Gasteiger partial charge in [0.2, 0.25) is 11.8 Å². The first-order valence-electron chi connectivity index (χ1n) is 12.2. The molecule has 34 heavy (non-hydrogen) atoms. The van der Waals surface area contributed by atoms with Crippen LogP contribution in [0.1, 0.15) is 45.9 Å².